The molecule has 3 aromatic rings. The number of hydrogen-bond acceptors (Lipinski definition) is 4. The number of aromatic carboxylic acids is 1. The van der Waals surface area contributed by atoms with Crippen LogP contribution in [0.4, 0.5) is 11.5 Å². The number of rotatable bonds is 3. The van der Waals surface area contributed by atoms with Crippen molar-refractivity contribution in [2.75, 3.05) is 5.32 Å². The Morgan fingerprint density at radius 2 is 1.95 bits per heavy atom. The van der Waals surface area contributed by atoms with Crippen molar-refractivity contribution in [3.8, 4) is 0 Å². The van der Waals surface area contributed by atoms with Crippen molar-refractivity contribution in [2.24, 2.45) is 0 Å². The lowest BCUT2D eigenvalue weighted by Crippen LogP contribution is -2.02. The summed E-state index contributed by atoms with van der Waals surface area (Å²) in [7, 11) is 0. The van der Waals surface area contributed by atoms with E-state index in [-0.39, 0.29) is 5.56 Å². The van der Waals surface area contributed by atoms with E-state index in [1.807, 2.05) is 26.8 Å². The monoisotopic (exact) mass is 296 g/mol. The Labute approximate surface area is 127 Å². The molecular formula is C16H16N4O2. The summed E-state index contributed by atoms with van der Waals surface area (Å²) in [4.78, 5) is 23.1. The van der Waals surface area contributed by atoms with Gasteiger partial charge in [0.2, 0.25) is 0 Å². The lowest BCUT2D eigenvalue weighted by molar-refractivity contribution is 0.0697. The minimum Gasteiger partial charge on any atom is -0.478 e. The maximum Gasteiger partial charge on any atom is 0.335 e. The molecule has 1 aromatic carbocycles. The highest BCUT2D eigenvalue weighted by atomic mass is 16.4. The number of benzene rings is 1. The predicted molar refractivity (Wildman–Crippen MR) is 84.8 cm³/mol. The first-order valence-electron chi connectivity index (χ1n) is 6.89. The second-order valence-corrected chi connectivity index (χ2v) is 5.29. The van der Waals surface area contributed by atoms with E-state index >= 15 is 0 Å². The van der Waals surface area contributed by atoms with Crippen LogP contribution in [0.5, 0.6) is 0 Å². The van der Waals surface area contributed by atoms with Gasteiger partial charge in [-0.2, -0.15) is 0 Å². The number of anilines is 2. The van der Waals surface area contributed by atoms with E-state index in [0.29, 0.717) is 11.6 Å². The molecule has 0 unspecified atom stereocenters. The van der Waals surface area contributed by atoms with Crippen LogP contribution in [0.25, 0.3) is 11.0 Å². The van der Waals surface area contributed by atoms with Gasteiger partial charge in [-0.25, -0.2) is 14.8 Å². The third-order valence-electron chi connectivity index (χ3n) is 3.47. The Morgan fingerprint density at radius 1 is 1.18 bits per heavy atom. The van der Waals surface area contributed by atoms with Crippen molar-refractivity contribution < 1.29 is 9.90 Å². The van der Waals surface area contributed by atoms with Gasteiger partial charge in [0.15, 0.2) is 0 Å². The van der Waals surface area contributed by atoms with Crippen LogP contribution in [0.1, 0.15) is 27.4 Å². The summed E-state index contributed by atoms with van der Waals surface area (Å²) in [5.74, 6) is 0.353. The summed E-state index contributed by atoms with van der Waals surface area (Å²) >= 11 is 0. The van der Waals surface area contributed by atoms with E-state index < -0.39 is 5.97 Å². The van der Waals surface area contributed by atoms with Crippen LogP contribution in [-0.4, -0.2) is 26.0 Å². The van der Waals surface area contributed by atoms with Crippen molar-refractivity contribution in [2.45, 2.75) is 20.8 Å². The first kappa shape index (κ1) is 14.1. The highest BCUT2D eigenvalue weighted by Gasteiger charge is 2.11. The smallest absolute Gasteiger partial charge is 0.335 e. The number of H-pyrrole nitrogens is 1. The Morgan fingerprint density at radius 3 is 2.68 bits per heavy atom. The lowest BCUT2D eigenvalue weighted by Gasteiger charge is -2.11. The summed E-state index contributed by atoms with van der Waals surface area (Å²) in [5, 5.41) is 13.2. The highest BCUT2D eigenvalue weighted by molar-refractivity contribution is 5.92. The van der Waals surface area contributed by atoms with Gasteiger partial charge < -0.3 is 15.4 Å². The molecule has 2 heterocycles. The van der Waals surface area contributed by atoms with E-state index in [9.17, 15) is 4.79 Å². The fourth-order valence-electron chi connectivity index (χ4n) is 2.37. The molecule has 22 heavy (non-hydrogen) atoms. The fraction of sp³-hybridized carbons (Fsp3) is 0.188. The minimum absolute atomic E-state index is 0.236. The van der Waals surface area contributed by atoms with Crippen LogP contribution >= 0.6 is 0 Å². The molecule has 3 N–H and O–H groups in total. The van der Waals surface area contributed by atoms with Gasteiger partial charge in [-0.3, -0.25) is 0 Å². The van der Waals surface area contributed by atoms with Crippen LogP contribution < -0.4 is 5.32 Å². The van der Waals surface area contributed by atoms with Gasteiger partial charge in [0.25, 0.3) is 0 Å². The van der Waals surface area contributed by atoms with Crippen LogP contribution in [0.3, 0.4) is 0 Å². The molecule has 0 aliphatic heterocycles. The summed E-state index contributed by atoms with van der Waals surface area (Å²) in [6.07, 6.45) is 0. The molecule has 112 valence electrons. The summed E-state index contributed by atoms with van der Waals surface area (Å²) < 4.78 is 0. The number of fused-ring (bicyclic) bond motifs is 1. The Bertz CT molecular complexity index is 883. The zero-order chi connectivity index (χ0) is 15.9. The van der Waals surface area contributed by atoms with E-state index in [1.165, 1.54) is 0 Å². The number of carbonyl (C=O) groups is 1. The number of hydrogen-bond donors (Lipinski definition) is 3. The van der Waals surface area contributed by atoms with Gasteiger partial charge in [0, 0.05) is 11.4 Å². The maximum absolute atomic E-state index is 11.1. The molecule has 0 atom stereocenters. The van der Waals surface area contributed by atoms with E-state index in [4.69, 9.17) is 5.11 Å². The Hall–Kier alpha value is -2.89. The molecule has 0 radical (unpaired) electrons. The van der Waals surface area contributed by atoms with Crippen molar-refractivity contribution in [1.82, 2.24) is 15.0 Å². The molecule has 0 spiro atoms. The topological polar surface area (TPSA) is 90.9 Å². The second-order valence-electron chi connectivity index (χ2n) is 5.29. The molecule has 0 amide bonds. The van der Waals surface area contributed by atoms with Crippen molar-refractivity contribution in [1.29, 1.82) is 0 Å². The average molecular weight is 296 g/mol. The quantitative estimate of drug-likeness (QED) is 0.689. The Balaban J connectivity index is 2.10. The maximum atomic E-state index is 11.1. The number of nitrogens with one attached hydrogen (secondary N) is 2. The number of aryl methyl sites for hydroxylation is 3. The standard InChI is InChI=1S/C16H16N4O2/c1-8-4-5-11(16(21)22)7-13(8)20-15-12-6-9(2)17-14(12)18-10(3)19-15/h4-7H,1-3H3,(H,21,22)(H2,17,18,19,20). The van der Waals surface area contributed by atoms with Gasteiger partial charge in [-0.1, -0.05) is 6.07 Å². The van der Waals surface area contributed by atoms with Crippen LogP contribution in [0, 0.1) is 20.8 Å². The van der Waals surface area contributed by atoms with E-state index in [0.717, 1.165) is 28.0 Å². The fourth-order valence-corrected chi connectivity index (χ4v) is 2.37. The van der Waals surface area contributed by atoms with Gasteiger partial charge >= 0.3 is 5.97 Å². The zero-order valence-corrected chi connectivity index (χ0v) is 12.6. The minimum atomic E-state index is -0.954. The van der Waals surface area contributed by atoms with Crippen molar-refractivity contribution >= 4 is 28.5 Å². The molecule has 0 aliphatic carbocycles. The van der Waals surface area contributed by atoms with Crippen molar-refractivity contribution in [3.05, 3.63) is 46.9 Å². The first-order valence-corrected chi connectivity index (χ1v) is 6.89. The average Bonchev–Trinajstić information content (AvgIpc) is 2.81. The molecule has 3 rings (SSSR count). The summed E-state index contributed by atoms with van der Waals surface area (Å²) in [6, 6.07) is 6.94. The largest absolute Gasteiger partial charge is 0.478 e. The molecule has 6 nitrogen and oxygen atoms in total. The molecular weight excluding hydrogens is 280 g/mol. The normalized spacial score (nSPS) is 10.9. The third kappa shape index (κ3) is 2.50. The number of carboxylic acid groups (broad SMARTS) is 1. The predicted octanol–water partition coefficient (Wildman–Crippen LogP) is 3.32. The number of nitrogens with zero attached hydrogens (tertiary/aromatic N) is 2. The zero-order valence-electron chi connectivity index (χ0n) is 12.6. The molecule has 6 heteroatoms. The SMILES string of the molecule is Cc1nc(Nc2cc(C(=O)O)ccc2C)c2cc(C)[nH]c2n1. The second kappa shape index (κ2) is 5.14. The number of aromatic nitrogens is 3. The molecule has 0 saturated heterocycles. The lowest BCUT2D eigenvalue weighted by atomic mass is 10.1. The highest BCUT2D eigenvalue weighted by Crippen LogP contribution is 2.27. The van der Waals surface area contributed by atoms with Gasteiger partial charge in [0.05, 0.1) is 10.9 Å². The number of carboxylic acids is 1. The van der Waals surface area contributed by atoms with Gasteiger partial charge in [0.1, 0.15) is 17.3 Å². The van der Waals surface area contributed by atoms with E-state index in [1.54, 1.807) is 18.2 Å². The van der Waals surface area contributed by atoms with Crippen LogP contribution in [-0.2, 0) is 0 Å². The van der Waals surface area contributed by atoms with Crippen LogP contribution in [0.2, 0.25) is 0 Å². The number of aromatic amines is 1. The molecule has 0 fully saturated rings. The third-order valence-corrected chi connectivity index (χ3v) is 3.47. The summed E-state index contributed by atoms with van der Waals surface area (Å²) in [5.41, 5.74) is 3.66. The van der Waals surface area contributed by atoms with E-state index in [2.05, 4.69) is 20.3 Å². The van der Waals surface area contributed by atoms with Crippen LogP contribution in [0.15, 0.2) is 24.3 Å². The first-order chi connectivity index (χ1) is 10.4. The molecule has 0 saturated carbocycles. The molecule has 0 aliphatic rings. The van der Waals surface area contributed by atoms with Crippen molar-refractivity contribution in [3.63, 3.8) is 0 Å². The summed E-state index contributed by atoms with van der Waals surface area (Å²) in [6.45, 7) is 5.69. The Kier molecular flexibility index (Phi) is 3.29. The molecule has 2 aromatic heterocycles. The molecule has 0 bridgehead atoms. The van der Waals surface area contributed by atoms with Gasteiger partial charge in [-0.05, 0) is 44.5 Å². The van der Waals surface area contributed by atoms with Gasteiger partial charge in [-0.15, -0.1) is 0 Å².